The Bertz CT molecular complexity index is 913. The summed E-state index contributed by atoms with van der Waals surface area (Å²) in [5, 5.41) is 5.31. The van der Waals surface area contributed by atoms with E-state index >= 15 is 0 Å². The lowest BCUT2D eigenvalue weighted by Gasteiger charge is -2.34. The summed E-state index contributed by atoms with van der Waals surface area (Å²) in [6.07, 6.45) is -3.08. The summed E-state index contributed by atoms with van der Waals surface area (Å²) in [6, 6.07) is 3.97. The van der Waals surface area contributed by atoms with Gasteiger partial charge in [-0.15, -0.1) is 11.3 Å². The van der Waals surface area contributed by atoms with E-state index in [1.165, 1.54) is 23.5 Å². The first-order chi connectivity index (χ1) is 14.5. The lowest BCUT2D eigenvalue weighted by Crippen LogP contribution is -2.37. The highest BCUT2D eigenvalue weighted by molar-refractivity contribution is 7.09. The van der Waals surface area contributed by atoms with Crippen LogP contribution in [0.15, 0.2) is 23.6 Å². The standard InChI is InChI=1S/C22H28F3N3O2S/c1-21(2,3)20-27-15(13-31-20)12-19(29)26-14-5-6-18(17(11-14)22(23,24)25)28-9-7-16(30-4)8-10-28/h5-6,11,13,16H,7-10,12H2,1-4H3,(H,26,29). The first-order valence-electron chi connectivity index (χ1n) is 10.2. The number of methoxy groups -OCH3 is 1. The molecule has 1 aromatic carbocycles. The number of rotatable bonds is 5. The van der Waals surface area contributed by atoms with Crippen LogP contribution in [0.1, 0.15) is 49.9 Å². The minimum absolute atomic E-state index is 0.0141. The van der Waals surface area contributed by atoms with Gasteiger partial charge in [0.1, 0.15) is 0 Å². The van der Waals surface area contributed by atoms with E-state index in [1.54, 1.807) is 12.0 Å². The number of anilines is 2. The number of hydrogen-bond donors (Lipinski definition) is 1. The van der Waals surface area contributed by atoms with E-state index in [1.807, 2.05) is 26.2 Å². The van der Waals surface area contributed by atoms with Gasteiger partial charge in [-0.05, 0) is 31.0 Å². The predicted octanol–water partition coefficient (Wildman–Crippen LogP) is 5.26. The number of alkyl halides is 3. The minimum atomic E-state index is -4.52. The van der Waals surface area contributed by atoms with E-state index in [-0.39, 0.29) is 29.3 Å². The van der Waals surface area contributed by atoms with E-state index in [9.17, 15) is 18.0 Å². The van der Waals surface area contributed by atoms with Gasteiger partial charge >= 0.3 is 6.18 Å². The monoisotopic (exact) mass is 455 g/mol. The van der Waals surface area contributed by atoms with Gasteiger partial charge in [-0.3, -0.25) is 4.79 Å². The van der Waals surface area contributed by atoms with Crippen molar-refractivity contribution >= 4 is 28.6 Å². The number of amides is 1. The number of carbonyl (C=O) groups excluding carboxylic acids is 1. The zero-order valence-corrected chi connectivity index (χ0v) is 19.0. The predicted molar refractivity (Wildman–Crippen MR) is 117 cm³/mol. The zero-order chi connectivity index (χ0) is 22.8. The van der Waals surface area contributed by atoms with Gasteiger partial charge in [-0.25, -0.2) is 4.98 Å². The molecule has 0 unspecified atom stereocenters. The van der Waals surface area contributed by atoms with Gasteiger partial charge in [-0.1, -0.05) is 20.8 Å². The number of hydrogen-bond acceptors (Lipinski definition) is 5. The molecule has 170 valence electrons. The van der Waals surface area contributed by atoms with Gasteiger partial charge in [0.05, 0.1) is 28.8 Å². The van der Waals surface area contributed by atoms with Crippen LogP contribution >= 0.6 is 11.3 Å². The number of thiazole rings is 1. The second-order valence-corrected chi connectivity index (χ2v) is 9.63. The Morgan fingerprint density at radius 2 is 1.94 bits per heavy atom. The van der Waals surface area contributed by atoms with Gasteiger partial charge in [0.25, 0.3) is 0 Å². The van der Waals surface area contributed by atoms with Crippen LogP contribution in [-0.2, 0) is 27.5 Å². The number of nitrogens with zero attached hydrogens (tertiary/aromatic N) is 2. The largest absolute Gasteiger partial charge is 0.418 e. The summed E-state index contributed by atoms with van der Waals surface area (Å²) in [4.78, 5) is 18.6. The molecule has 3 rings (SSSR count). The van der Waals surface area contributed by atoms with Gasteiger partial charge in [0.15, 0.2) is 0 Å². The summed E-state index contributed by atoms with van der Waals surface area (Å²) in [5.41, 5.74) is 0.00798. The fourth-order valence-corrected chi connectivity index (χ4v) is 4.46. The minimum Gasteiger partial charge on any atom is -0.381 e. The number of halogens is 3. The molecule has 1 aliphatic heterocycles. The lowest BCUT2D eigenvalue weighted by molar-refractivity contribution is -0.137. The summed E-state index contributed by atoms with van der Waals surface area (Å²) in [6.45, 7) is 7.09. The van der Waals surface area contributed by atoms with E-state index in [2.05, 4.69) is 10.3 Å². The molecule has 2 aromatic rings. The summed E-state index contributed by atoms with van der Waals surface area (Å²) < 4.78 is 46.6. The molecule has 1 saturated heterocycles. The number of aromatic nitrogens is 1. The molecule has 5 nitrogen and oxygen atoms in total. The van der Waals surface area contributed by atoms with Crippen molar-refractivity contribution in [2.24, 2.45) is 0 Å². The first kappa shape index (κ1) is 23.5. The van der Waals surface area contributed by atoms with Crippen molar-refractivity contribution in [3.63, 3.8) is 0 Å². The molecule has 0 saturated carbocycles. The molecule has 1 N–H and O–H groups in total. The molecule has 0 aliphatic carbocycles. The van der Waals surface area contributed by atoms with Crippen molar-refractivity contribution < 1.29 is 22.7 Å². The quantitative estimate of drug-likeness (QED) is 0.669. The highest BCUT2D eigenvalue weighted by Gasteiger charge is 2.36. The average Bonchev–Trinajstić information content (AvgIpc) is 3.16. The normalized spacial score (nSPS) is 15.9. The van der Waals surface area contributed by atoms with Crippen LogP contribution in [0, 0.1) is 0 Å². The van der Waals surface area contributed by atoms with Crippen LogP contribution in [-0.4, -0.2) is 37.2 Å². The van der Waals surface area contributed by atoms with Crippen molar-refractivity contribution in [3.8, 4) is 0 Å². The van der Waals surface area contributed by atoms with Crippen LogP contribution < -0.4 is 10.2 Å². The third kappa shape index (κ3) is 5.98. The lowest BCUT2D eigenvalue weighted by atomic mass is 9.98. The van der Waals surface area contributed by atoms with E-state index < -0.39 is 17.6 Å². The van der Waals surface area contributed by atoms with Crippen molar-refractivity contribution in [2.75, 3.05) is 30.4 Å². The number of nitrogens with one attached hydrogen (secondary N) is 1. The molecule has 2 heterocycles. The molecule has 1 aromatic heterocycles. The Kier molecular flexibility index (Phi) is 6.95. The second-order valence-electron chi connectivity index (χ2n) is 8.77. The van der Waals surface area contributed by atoms with Crippen LogP contribution in [0.2, 0.25) is 0 Å². The van der Waals surface area contributed by atoms with Gasteiger partial charge in [-0.2, -0.15) is 13.2 Å². The fraction of sp³-hybridized carbons (Fsp3) is 0.545. The average molecular weight is 456 g/mol. The number of benzene rings is 1. The maximum atomic E-state index is 13.8. The Labute approximate surface area is 184 Å². The molecule has 0 radical (unpaired) electrons. The molecular weight excluding hydrogens is 427 g/mol. The third-order valence-electron chi connectivity index (χ3n) is 5.24. The van der Waals surface area contributed by atoms with Crippen molar-refractivity contribution in [3.05, 3.63) is 39.8 Å². The summed E-state index contributed by atoms with van der Waals surface area (Å²) >= 11 is 1.48. The fourth-order valence-electron chi connectivity index (χ4n) is 3.55. The molecule has 0 atom stereocenters. The molecule has 31 heavy (non-hydrogen) atoms. The number of piperidine rings is 1. The van der Waals surface area contributed by atoms with Crippen molar-refractivity contribution in [1.82, 2.24) is 4.98 Å². The molecule has 1 amide bonds. The van der Waals surface area contributed by atoms with Crippen molar-refractivity contribution in [2.45, 2.75) is 57.7 Å². The maximum absolute atomic E-state index is 13.8. The summed E-state index contributed by atoms with van der Waals surface area (Å²) in [5.74, 6) is -0.396. The van der Waals surface area contributed by atoms with E-state index in [4.69, 9.17) is 4.74 Å². The molecule has 9 heteroatoms. The first-order valence-corrected chi connectivity index (χ1v) is 11.1. The van der Waals surface area contributed by atoms with E-state index in [0.29, 0.717) is 31.6 Å². The van der Waals surface area contributed by atoms with Crippen LogP contribution in [0.4, 0.5) is 24.5 Å². The van der Waals surface area contributed by atoms with Gasteiger partial charge in [0, 0.05) is 42.4 Å². The Morgan fingerprint density at radius 3 is 2.48 bits per heavy atom. The van der Waals surface area contributed by atoms with Crippen LogP contribution in [0.5, 0.6) is 0 Å². The Balaban J connectivity index is 1.73. The zero-order valence-electron chi connectivity index (χ0n) is 18.2. The number of carbonyl (C=O) groups is 1. The summed E-state index contributed by atoms with van der Waals surface area (Å²) in [7, 11) is 1.62. The topological polar surface area (TPSA) is 54.5 Å². The molecular formula is C22H28F3N3O2S. The number of ether oxygens (including phenoxy) is 1. The van der Waals surface area contributed by atoms with Gasteiger partial charge in [0.2, 0.25) is 5.91 Å². The highest BCUT2D eigenvalue weighted by atomic mass is 32.1. The SMILES string of the molecule is COC1CCN(c2ccc(NC(=O)Cc3csc(C(C)(C)C)n3)cc2C(F)(F)F)CC1. The van der Waals surface area contributed by atoms with Crippen molar-refractivity contribution in [1.29, 1.82) is 0 Å². The maximum Gasteiger partial charge on any atom is 0.418 e. The second kappa shape index (κ2) is 9.16. The Morgan fingerprint density at radius 1 is 1.26 bits per heavy atom. The van der Waals surface area contributed by atoms with E-state index in [0.717, 1.165) is 11.1 Å². The van der Waals surface area contributed by atoms with Crippen LogP contribution in [0.25, 0.3) is 0 Å². The molecule has 1 fully saturated rings. The molecule has 0 spiro atoms. The molecule has 1 aliphatic rings. The molecule has 0 bridgehead atoms. The smallest absolute Gasteiger partial charge is 0.381 e. The third-order valence-corrected chi connectivity index (χ3v) is 6.55. The van der Waals surface area contributed by atoms with Gasteiger partial charge < -0.3 is 15.0 Å². The Hall–Kier alpha value is -2.13. The highest BCUT2D eigenvalue weighted by Crippen LogP contribution is 2.39. The van der Waals surface area contributed by atoms with Crippen LogP contribution in [0.3, 0.4) is 0 Å².